The largest absolute Gasteiger partial charge is 0.479 e. The highest BCUT2D eigenvalue weighted by Gasteiger charge is 2.32. The number of nitrogens with zero attached hydrogens (tertiary/aromatic N) is 1. The van der Waals surface area contributed by atoms with E-state index in [9.17, 15) is 14.7 Å². The van der Waals surface area contributed by atoms with Gasteiger partial charge in [0.25, 0.3) is 0 Å². The van der Waals surface area contributed by atoms with E-state index >= 15 is 0 Å². The van der Waals surface area contributed by atoms with Gasteiger partial charge in [0.1, 0.15) is 5.60 Å². The van der Waals surface area contributed by atoms with E-state index in [0.29, 0.717) is 11.3 Å². The number of benzene rings is 3. The molecule has 6 heteroatoms. The molecule has 30 heavy (non-hydrogen) atoms. The number of hydrogen-bond acceptors (Lipinski definition) is 4. The predicted octanol–water partition coefficient (Wildman–Crippen LogP) is 5.22. The first-order valence-corrected chi connectivity index (χ1v) is 9.72. The Balaban J connectivity index is 2.11. The number of aryl methyl sites for hydroxylation is 1. The SMILES string of the molecule is Cc1ccc(N(NC(=O)OC(C)(C)C)C(C(=O)O)c2cccc3ccccc23)cc1. The number of fused-ring (bicyclic) bond motifs is 1. The molecule has 0 aliphatic rings. The van der Waals surface area contributed by atoms with Gasteiger partial charge in [0.15, 0.2) is 6.04 Å². The standard InChI is InChI=1S/C24H26N2O4/c1-16-12-14-18(15-13-16)26(25-23(29)30-24(2,3)4)21(22(27)28)20-11-7-9-17-8-5-6-10-19(17)20/h5-15,21H,1-4H3,(H,25,29)(H,27,28). The molecule has 3 rings (SSSR count). The molecule has 3 aromatic carbocycles. The number of aliphatic carboxylic acids is 1. The third-order valence-corrected chi connectivity index (χ3v) is 4.53. The average Bonchev–Trinajstić information content (AvgIpc) is 2.66. The fourth-order valence-corrected chi connectivity index (χ4v) is 3.25. The summed E-state index contributed by atoms with van der Waals surface area (Å²) in [6, 6.07) is 19.2. The maximum atomic E-state index is 12.6. The molecule has 1 unspecified atom stereocenters. The number of hydrogen-bond donors (Lipinski definition) is 2. The number of carbonyl (C=O) groups excluding carboxylic acids is 1. The topological polar surface area (TPSA) is 78.9 Å². The van der Waals surface area contributed by atoms with Crippen LogP contribution in [-0.4, -0.2) is 22.8 Å². The lowest BCUT2D eigenvalue weighted by Crippen LogP contribution is -2.49. The lowest BCUT2D eigenvalue weighted by atomic mass is 9.98. The van der Waals surface area contributed by atoms with Gasteiger partial charge < -0.3 is 9.84 Å². The fourth-order valence-electron chi connectivity index (χ4n) is 3.25. The molecule has 1 atom stereocenters. The van der Waals surface area contributed by atoms with Gasteiger partial charge in [-0.15, -0.1) is 0 Å². The number of carboxylic acids is 1. The van der Waals surface area contributed by atoms with E-state index in [4.69, 9.17) is 4.74 Å². The Morgan fingerprint density at radius 1 is 0.967 bits per heavy atom. The van der Waals surface area contributed by atoms with Crippen molar-refractivity contribution in [3.05, 3.63) is 77.9 Å². The summed E-state index contributed by atoms with van der Waals surface area (Å²) in [5.41, 5.74) is 4.05. The van der Waals surface area contributed by atoms with E-state index in [1.807, 2.05) is 55.5 Å². The molecule has 3 aromatic rings. The third-order valence-electron chi connectivity index (χ3n) is 4.53. The number of rotatable bonds is 5. The summed E-state index contributed by atoms with van der Waals surface area (Å²) in [7, 11) is 0. The van der Waals surface area contributed by atoms with Gasteiger partial charge in [-0.05, 0) is 56.2 Å². The van der Waals surface area contributed by atoms with Gasteiger partial charge in [-0.25, -0.2) is 15.0 Å². The van der Waals surface area contributed by atoms with E-state index in [2.05, 4.69) is 5.43 Å². The molecule has 0 heterocycles. The molecular weight excluding hydrogens is 380 g/mol. The van der Waals surface area contributed by atoms with Gasteiger partial charge in [-0.3, -0.25) is 5.01 Å². The van der Waals surface area contributed by atoms with E-state index in [1.165, 1.54) is 5.01 Å². The molecule has 0 aliphatic carbocycles. The molecule has 0 bridgehead atoms. The van der Waals surface area contributed by atoms with Crippen LogP contribution in [0.4, 0.5) is 10.5 Å². The predicted molar refractivity (Wildman–Crippen MR) is 117 cm³/mol. The second-order valence-electron chi connectivity index (χ2n) is 8.13. The van der Waals surface area contributed by atoms with Crippen LogP contribution in [0.1, 0.15) is 37.9 Å². The van der Waals surface area contributed by atoms with Crippen molar-refractivity contribution in [3.63, 3.8) is 0 Å². The van der Waals surface area contributed by atoms with E-state index in [0.717, 1.165) is 16.3 Å². The fraction of sp³-hybridized carbons (Fsp3) is 0.250. The Kier molecular flexibility index (Phi) is 5.96. The number of ether oxygens (including phenoxy) is 1. The van der Waals surface area contributed by atoms with Crippen molar-refractivity contribution in [1.29, 1.82) is 0 Å². The lowest BCUT2D eigenvalue weighted by Gasteiger charge is -2.33. The minimum Gasteiger partial charge on any atom is -0.479 e. The number of nitrogens with one attached hydrogen (secondary N) is 1. The summed E-state index contributed by atoms with van der Waals surface area (Å²) < 4.78 is 5.38. The maximum absolute atomic E-state index is 12.6. The zero-order valence-corrected chi connectivity index (χ0v) is 17.5. The first-order chi connectivity index (χ1) is 14.2. The van der Waals surface area contributed by atoms with Gasteiger partial charge in [-0.1, -0.05) is 60.2 Å². The van der Waals surface area contributed by atoms with Crippen LogP contribution in [0.2, 0.25) is 0 Å². The van der Waals surface area contributed by atoms with E-state index < -0.39 is 23.7 Å². The van der Waals surface area contributed by atoms with Gasteiger partial charge in [-0.2, -0.15) is 0 Å². The average molecular weight is 406 g/mol. The highest BCUT2D eigenvalue weighted by molar-refractivity contribution is 5.92. The molecule has 0 aliphatic heterocycles. The first-order valence-electron chi connectivity index (χ1n) is 9.72. The number of amides is 1. The van der Waals surface area contributed by atoms with Gasteiger partial charge in [0, 0.05) is 0 Å². The highest BCUT2D eigenvalue weighted by atomic mass is 16.6. The van der Waals surface area contributed by atoms with Crippen molar-refractivity contribution in [2.24, 2.45) is 0 Å². The summed E-state index contributed by atoms with van der Waals surface area (Å²) in [5.74, 6) is -1.09. The van der Waals surface area contributed by atoms with Crippen LogP contribution in [0.5, 0.6) is 0 Å². The quantitative estimate of drug-likeness (QED) is 0.568. The zero-order valence-electron chi connectivity index (χ0n) is 17.5. The molecule has 0 aromatic heterocycles. The van der Waals surface area contributed by atoms with E-state index in [-0.39, 0.29) is 0 Å². The van der Waals surface area contributed by atoms with Crippen molar-refractivity contribution in [3.8, 4) is 0 Å². The van der Waals surface area contributed by atoms with Crippen molar-refractivity contribution in [1.82, 2.24) is 5.43 Å². The third kappa shape index (κ3) is 4.89. The molecule has 1 amide bonds. The van der Waals surface area contributed by atoms with Crippen LogP contribution >= 0.6 is 0 Å². The Hall–Kier alpha value is -3.54. The second-order valence-corrected chi connectivity index (χ2v) is 8.13. The molecular formula is C24H26N2O4. The number of carbonyl (C=O) groups is 2. The van der Waals surface area contributed by atoms with Crippen LogP contribution in [0.15, 0.2) is 66.7 Å². The summed E-state index contributed by atoms with van der Waals surface area (Å²) in [5, 5.41) is 13.2. The Morgan fingerprint density at radius 2 is 1.60 bits per heavy atom. The molecule has 0 spiro atoms. The first kappa shape index (κ1) is 21.2. The number of anilines is 1. The van der Waals surface area contributed by atoms with Crippen molar-refractivity contribution in [2.45, 2.75) is 39.3 Å². The normalized spacial score (nSPS) is 12.3. The van der Waals surface area contributed by atoms with Crippen molar-refractivity contribution >= 4 is 28.5 Å². The zero-order chi connectivity index (χ0) is 21.9. The van der Waals surface area contributed by atoms with Gasteiger partial charge >= 0.3 is 12.1 Å². The van der Waals surface area contributed by atoms with Gasteiger partial charge in [0.2, 0.25) is 0 Å². The van der Waals surface area contributed by atoms with Gasteiger partial charge in [0.05, 0.1) is 5.69 Å². The molecule has 6 nitrogen and oxygen atoms in total. The lowest BCUT2D eigenvalue weighted by molar-refractivity contribution is -0.138. The number of hydrazine groups is 1. The summed E-state index contributed by atoms with van der Waals surface area (Å²) in [6.45, 7) is 7.20. The van der Waals surface area contributed by atoms with E-state index in [1.54, 1.807) is 39.0 Å². The Bertz CT molecular complexity index is 1050. The molecule has 0 saturated carbocycles. The summed E-state index contributed by atoms with van der Waals surface area (Å²) in [4.78, 5) is 25.0. The summed E-state index contributed by atoms with van der Waals surface area (Å²) >= 11 is 0. The molecule has 0 radical (unpaired) electrons. The minimum atomic E-state index is -1.16. The molecule has 0 saturated heterocycles. The molecule has 0 fully saturated rings. The van der Waals surface area contributed by atoms with Crippen molar-refractivity contribution in [2.75, 3.05) is 5.01 Å². The smallest absolute Gasteiger partial charge is 0.426 e. The van der Waals surface area contributed by atoms with Crippen molar-refractivity contribution < 1.29 is 19.4 Å². The van der Waals surface area contributed by atoms with Crippen LogP contribution < -0.4 is 10.4 Å². The van der Waals surface area contributed by atoms with Crippen LogP contribution in [0, 0.1) is 6.92 Å². The second kappa shape index (κ2) is 8.45. The maximum Gasteiger partial charge on any atom is 0.426 e. The summed E-state index contributed by atoms with van der Waals surface area (Å²) in [6.07, 6.45) is -0.727. The van der Waals surface area contributed by atoms with Crippen LogP contribution in [0.25, 0.3) is 10.8 Å². The molecule has 156 valence electrons. The van der Waals surface area contributed by atoms with Crippen LogP contribution in [-0.2, 0) is 9.53 Å². The monoisotopic (exact) mass is 406 g/mol. The number of carboxylic acid groups (broad SMARTS) is 1. The Morgan fingerprint density at radius 3 is 2.23 bits per heavy atom. The molecule has 2 N–H and O–H groups in total. The van der Waals surface area contributed by atoms with Crippen LogP contribution in [0.3, 0.4) is 0 Å². The Labute approximate surface area is 176 Å². The minimum absolute atomic E-state index is 0.534. The highest BCUT2D eigenvalue weighted by Crippen LogP contribution is 2.31.